The molecule has 4 nitrogen and oxygen atoms in total. The van der Waals surface area contributed by atoms with Gasteiger partial charge in [0, 0.05) is 30.8 Å². The Morgan fingerprint density at radius 2 is 1.91 bits per heavy atom. The number of benzene rings is 1. The van der Waals surface area contributed by atoms with Gasteiger partial charge in [-0.25, -0.2) is 0 Å². The van der Waals surface area contributed by atoms with Gasteiger partial charge in [0.25, 0.3) is 0 Å². The highest BCUT2D eigenvalue weighted by molar-refractivity contribution is 6.31. The first kappa shape index (κ1) is 19.1. The van der Waals surface area contributed by atoms with E-state index in [4.69, 9.17) is 25.8 Å². The third kappa shape index (κ3) is 6.86. The SMILES string of the molecule is CCOCCCNCc1cc(OCC)c(OC(C)C)cc1Cl. The van der Waals surface area contributed by atoms with Gasteiger partial charge in [-0.1, -0.05) is 11.6 Å². The summed E-state index contributed by atoms with van der Waals surface area (Å²) in [7, 11) is 0. The Hall–Kier alpha value is -0.970. The molecule has 0 heterocycles. The zero-order valence-electron chi connectivity index (χ0n) is 14.1. The average molecular weight is 330 g/mol. The van der Waals surface area contributed by atoms with E-state index in [1.54, 1.807) is 0 Å². The summed E-state index contributed by atoms with van der Waals surface area (Å²) in [6, 6.07) is 3.79. The average Bonchev–Trinajstić information content (AvgIpc) is 2.46. The molecule has 0 fully saturated rings. The molecule has 0 saturated heterocycles. The van der Waals surface area contributed by atoms with E-state index in [1.165, 1.54) is 0 Å². The molecule has 0 unspecified atom stereocenters. The molecule has 0 saturated carbocycles. The van der Waals surface area contributed by atoms with Crippen molar-refractivity contribution in [1.29, 1.82) is 0 Å². The molecule has 0 aliphatic carbocycles. The Bertz CT molecular complexity index is 438. The molecule has 126 valence electrons. The van der Waals surface area contributed by atoms with Gasteiger partial charge >= 0.3 is 0 Å². The van der Waals surface area contributed by atoms with Crippen LogP contribution in [-0.4, -0.2) is 32.5 Å². The van der Waals surface area contributed by atoms with Gasteiger partial charge in [-0.15, -0.1) is 0 Å². The van der Waals surface area contributed by atoms with E-state index in [1.807, 2.05) is 39.8 Å². The van der Waals surface area contributed by atoms with Crippen molar-refractivity contribution < 1.29 is 14.2 Å². The second-order valence-electron chi connectivity index (χ2n) is 5.22. The van der Waals surface area contributed by atoms with Gasteiger partial charge in [-0.05, 0) is 52.3 Å². The summed E-state index contributed by atoms with van der Waals surface area (Å²) in [6.45, 7) is 11.7. The molecular formula is C17H28ClNO3. The van der Waals surface area contributed by atoms with Crippen LogP contribution in [0.1, 0.15) is 39.7 Å². The molecule has 0 aliphatic rings. The first-order valence-electron chi connectivity index (χ1n) is 7.98. The van der Waals surface area contributed by atoms with Gasteiger partial charge in [0.1, 0.15) is 0 Å². The number of hydrogen-bond donors (Lipinski definition) is 1. The lowest BCUT2D eigenvalue weighted by Crippen LogP contribution is -2.17. The van der Waals surface area contributed by atoms with Crippen molar-refractivity contribution in [2.75, 3.05) is 26.4 Å². The zero-order chi connectivity index (χ0) is 16.4. The lowest BCUT2D eigenvalue weighted by Gasteiger charge is -2.17. The maximum atomic E-state index is 6.35. The Morgan fingerprint density at radius 1 is 1.14 bits per heavy atom. The molecule has 22 heavy (non-hydrogen) atoms. The summed E-state index contributed by atoms with van der Waals surface area (Å²) < 4.78 is 16.7. The molecule has 0 amide bonds. The molecule has 1 aromatic carbocycles. The Morgan fingerprint density at radius 3 is 2.55 bits per heavy atom. The fourth-order valence-electron chi connectivity index (χ4n) is 1.99. The first-order valence-corrected chi connectivity index (χ1v) is 8.36. The Balaban J connectivity index is 2.64. The van der Waals surface area contributed by atoms with Crippen LogP contribution in [0.3, 0.4) is 0 Å². The summed E-state index contributed by atoms with van der Waals surface area (Å²) in [5.41, 5.74) is 1.01. The molecule has 1 rings (SSSR count). The third-order valence-electron chi connectivity index (χ3n) is 2.94. The number of rotatable bonds is 11. The van der Waals surface area contributed by atoms with Crippen LogP contribution in [0.15, 0.2) is 12.1 Å². The van der Waals surface area contributed by atoms with Crippen molar-refractivity contribution in [3.8, 4) is 11.5 Å². The van der Waals surface area contributed by atoms with Crippen LogP contribution in [0.25, 0.3) is 0 Å². The van der Waals surface area contributed by atoms with Crippen molar-refractivity contribution in [3.63, 3.8) is 0 Å². The fourth-order valence-corrected chi connectivity index (χ4v) is 2.21. The standard InChI is InChI=1S/C17H28ClNO3/c1-5-20-9-7-8-19-12-14-10-16(21-6-2)17(11-15(14)18)22-13(3)4/h10-11,13,19H,5-9,12H2,1-4H3. The van der Waals surface area contributed by atoms with E-state index in [2.05, 4.69) is 5.32 Å². The second-order valence-corrected chi connectivity index (χ2v) is 5.62. The number of hydrogen-bond acceptors (Lipinski definition) is 4. The molecular weight excluding hydrogens is 302 g/mol. The van der Waals surface area contributed by atoms with E-state index in [0.29, 0.717) is 23.9 Å². The molecule has 0 aliphatic heterocycles. The van der Waals surface area contributed by atoms with Crippen LogP contribution < -0.4 is 14.8 Å². The van der Waals surface area contributed by atoms with E-state index >= 15 is 0 Å². The predicted octanol–water partition coefficient (Wildman–Crippen LogP) is 4.04. The highest BCUT2D eigenvalue weighted by atomic mass is 35.5. The van der Waals surface area contributed by atoms with Crippen molar-refractivity contribution in [2.45, 2.75) is 46.8 Å². The van der Waals surface area contributed by atoms with Crippen LogP contribution in [-0.2, 0) is 11.3 Å². The summed E-state index contributed by atoms with van der Waals surface area (Å²) in [5.74, 6) is 1.44. The molecule has 0 radical (unpaired) electrons. The van der Waals surface area contributed by atoms with Crippen molar-refractivity contribution in [2.24, 2.45) is 0 Å². The maximum absolute atomic E-state index is 6.35. The van der Waals surface area contributed by atoms with Crippen molar-refractivity contribution in [3.05, 3.63) is 22.7 Å². The third-order valence-corrected chi connectivity index (χ3v) is 3.29. The summed E-state index contributed by atoms with van der Waals surface area (Å²) in [5, 5.41) is 4.06. The highest BCUT2D eigenvalue weighted by Gasteiger charge is 2.12. The van der Waals surface area contributed by atoms with Gasteiger partial charge in [0.2, 0.25) is 0 Å². The number of halogens is 1. The minimum absolute atomic E-state index is 0.0813. The highest BCUT2D eigenvalue weighted by Crippen LogP contribution is 2.34. The van der Waals surface area contributed by atoms with Gasteiger partial charge in [-0.3, -0.25) is 0 Å². The smallest absolute Gasteiger partial charge is 0.163 e. The lowest BCUT2D eigenvalue weighted by atomic mass is 10.2. The van der Waals surface area contributed by atoms with Gasteiger partial charge in [0.05, 0.1) is 12.7 Å². The Labute approximate surface area is 139 Å². The van der Waals surface area contributed by atoms with E-state index in [-0.39, 0.29) is 6.10 Å². The van der Waals surface area contributed by atoms with E-state index in [0.717, 1.165) is 37.5 Å². The molecule has 5 heteroatoms. The normalized spacial score (nSPS) is 11.0. The van der Waals surface area contributed by atoms with Crippen LogP contribution in [0.5, 0.6) is 11.5 Å². The Kier molecular flexibility index (Phi) is 9.28. The van der Waals surface area contributed by atoms with Crippen LogP contribution in [0.2, 0.25) is 5.02 Å². The maximum Gasteiger partial charge on any atom is 0.163 e. The monoisotopic (exact) mass is 329 g/mol. The van der Waals surface area contributed by atoms with Crippen LogP contribution in [0.4, 0.5) is 0 Å². The molecule has 1 aromatic rings. The van der Waals surface area contributed by atoms with Crippen LogP contribution in [0, 0.1) is 0 Å². The zero-order valence-corrected chi connectivity index (χ0v) is 14.8. The van der Waals surface area contributed by atoms with Gasteiger partial charge in [0.15, 0.2) is 11.5 Å². The summed E-state index contributed by atoms with van der Waals surface area (Å²) in [4.78, 5) is 0. The molecule has 1 N–H and O–H groups in total. The van der Waals surface area contributed by atoms with E-state index < -0.39 is 0 Å². The molecule has 0 atom stereocenters. The van der Waals surface area contributed by atoms with Gasteiger partial charge in [-0.2, -0.15) is 0 Å². The van der Waals surface area contributed by atoms with Gasteiger partial charge < -0.3 is 19.5 Å². The predicted molar refractivity (Wildman–Crippen MR) is 91.2 cm³/mol. The second kappa shape index (κ2) is 10.7. The molecule has 0 aromatic heterocycles. The molecule has 0 bridgehead atoms. The summed E-state index contributed by atoms with van der Waals surface area (Å²) >= 11 is 6.35. The quantitative estimate of drug-likeness (QED) is 0.622. The lowest BCUT2D eigenvalue weighted by molar-refractivity contribution is 0.144. The minimum atomic E-state index is 0.0813. The topological polar surface area (TPSA) is 39.7 Å². The minimum Gasteiger partial charge on any atom is -0.490 e. The van der Waals surface area contributed by atoms with E-state index in [9.17, 15) is 0 Å². The number of nitrogens with one attached hydrogen (secondary N) is 1. The van der Waals surface area contributed by atoms with Crippen LogP contribution >= 0.6 is 11.6 Å². The first-order chi connectivity index (χ1) is 10.6. The van der Waals surface area contributed by atoms with Crippen molar-refractivity contribution in [1.82, 2.24) is 5.32 Å². The molecule has 0 spiro atoms. The number of ether oxygens (including phenoxy) is 3. The summed E-state index contributed by atoms with van der Waals surface area (Å²) in [6.07, 6.45) is 1.07. The van der Waals surface area contributed by atoms with Crippen molar-refractivity contribution >= 4 is 11.6 Å². The fraction of sp³-hybridized carbons (Fsp3) is 0.647. The largest absolute Gasteiger partial charge is 0.490 e.